The molecule has 2 aliphatic rings. The Labute approximate surface area is 189 Å². The second-order valence-corrected chi connectivity index (χ2v) is 8.00. The normalized spacial score (nSPS) is 16.2. The standard InChI is InChI=1S/C22H24N8O2/c1-23-22(32)14-10-24-18(26-21(31)12-7-8-12)9-16(14)25-15-6-4-5-13-19-17(27-30(3)28-19)11-29(2)20(13)15/h4-6,9-10,12H,7-8,11H2,1-3H3,(H,23,32)(H2,24,25,26,31)/i1D3. The van der Waals surface area contributed by atoms with Gasteiger partial charge in [0.25, 0.3) is 5.91 Å². The van der Waals surface area contributed by atoms with Crippen LogP contribution in [0, 0.1) is 5.92 Å². The van der Waals surface area contributed by atoms with Crippen LogP contribution in [0.25, 0.3) is 11.3 Å². The molecule has 3 N–H and O–H groups in total. The van der Waals surface area contributed by atoms with Crippen LogP contribution in [0.3, 0.4) is 0 Å². The van der Waals surface area contributed by atoms with Crippen molar-refractivity contribution in [3.63, 3.8) is 0 Å². The molecule has 5 rings (SSSR count). The molecule has 0 unspecified atom stereocenters. The molecule has 1 aliphatic heterocycles. The number of benzene rings is 1. The van der Waals surface area contributed by atoms with E-state index < -0.39 is 12.9 Å². The summed E-state index contributed by atoms with van der Waals surface area (Å²) in [6.45, 7) is -2.12. The van der Waals surface area contributed by atoms with Gasteiger partial charge in [-0.3, -0.25) is 9.59 Å². The maximum atomic E-state index is 12.8. The van der Waals surface area contributed by atoms with Crippen LogP contribution in [0.5, 0.6) is 0 Å². The monoisotopic (exact) mass is 435 g/mol. The molecule has 0 bridgehead atoms. The van der Waals surface area contributed by atoms with Gasteiger partial charge in [-0.05, 0) is 18.9 Å². The molecular weight excluding hydrogens is 408 g/mol. The summed E-state index contributed by atoms with van der Waals surface area (Å²) in [6.07, 6.45) is 2.93. The van der Waals surface area contributed by atoms with E-state index in [1.165, 1.54) is 17.1 Å². The fourth-order valence-electron chi connectivity index (χ4n) is 3.91. The van der Waals surface area contributed by atoms with Crippen LogP contribution in [-0.2, 0) is 18.4 Å². The first kappa shape index (κ1) is 16.7. The number of aromatic nitrogens is 4. The molecule has 3 aromatic rings. The summed E-state index contributed by atoms with van der Waals surface area (Å²) < 4.78 is 22.2. The predicted molar refractivity (Wildman–Crippen MR) is 121 cm³/mol. The maximum absolute atomic E-state index is 12.8. The Balaban J connectivity index is 1.54. The van der Waals surface area contributed by atoms with Crippen LogP contribution in [0.2, 0.25) is 0 Å². The number of aryl methyl sites for hydroxylation is 1. The summed E-state index contributed by atoms with van der Waals surface area (Å²) in [5.41, 5.74) is 4.36. The summed E-state index contributed by atoms with van der Waals surface area (Å²) in [4.78, 5) is 32.8. The van der Waals surface area contributed by atoms with E-state index in [4.69, 9.17) is 4.11 Å². The zero-order chi connectivity index (χ0) is 24.9. The lowest BCUT2D eigenvalue weighted by Crippen LogP contribution is -2.23. The van der Waals surface area contributed by atoms with Crippen molar-refractivity contribution < 1.29 is 13.7 Å². The Bertz CT molecular complexity index is 1330. The van der Waals surface area contributed by atoms with E-state index in [0.717, 1.165) is 35.5 Å². The summed E-state index contributed by atoms with van der Waals surface area (Å²) in [7, 11) is 3.70. The van der Waals surface area contributed by atoms with Crippen LogP contribution < -0.4 is 20.9 Å². The van der Waals surface area contributed by atoms with Gasteiger partial charge in [0.1, 0.15) is 17.2 Å². The van der Waals surface area contributed by atoms with Crippen molar-refractivity contribution in [2.24, 2.45) is 13.0 Å². The van der Waals surface area contributed by atoms with Crippen molar-refractivity contribution in [3.05, 3.63) is 41.7 Å². The molecule has 1 aromatic carbocycles. The Kier molecular flexibility index (Phi) is 3.98. The predicted octanol–water partition coefficient (Wildman–Crippen LogP) is 2.28. The summed E-state index contributed by atoms with van der Waals surface area (Å²) >= 11 is 0. The summed E-state index contributed by atoms with van der Waals surface area (Å²) in [5.74, 6) is -0.698. The number of amides is 2. The number of para-hydroxylation sites is 1. The number of pyridine rings is 1. The molecule has 0 atom stereocenters. The fourth-order valence-corrected chi connectivity index (χ4v) is 3.91. The number of carbonyl (C=O) groups is 2. The second-order valence-electron chi connectivity index (χ2n) is 8.00. The number of hydrogen-bond acceptors (Lipinski definition) is 7. The minimum atomic E-state index is -2.66. The van der Waals surface area contributed by atoms with Crippen molar-refractivity contribution in [1.29, 1.82) is 0 Å². The molecule has 0 saturated heterocycles. The first-order chi connectivity index (χ1) is 16.6. The van der Waals surface area contributed by atoms with E-state index in [9.17, 15) is 9.59 Å². The number of hydrogen-bond donors (Lipinski definition) is 3. The van der Waals surface area contributed by atoms with Gasteiger partial charge in [-0.1, -0.05) is 12.1 Å². The number of carbonyl (C=O) groups excluding carboxylic acids is 2. The van der Waals surface area contributed by atoms with Crippen LogP contribution in [0.1, 0.15) is 33.0 Å². The molecule has 2 aromatic heterocycles. The highest BCUT2D eigenvalue weighted by molar-refractivity contribution is 6.02. The minimum Gasteiger partial charge on any atom is -0.366 e. The lowest BCUT2D eigenvalue weighted by molar-refractivity contribution is -0.117. The van der Waals surface area contributed by atoms with Gasteiger partial charge in [-0.2, -0.15) is 15.0 Å². The Morgan fingerprint density at radius 1 is 1.19 bits per heavy atom. The molecule has 10 heteroatoms. The first-order valence-electron chi connectivity index (χ1n) is 11.7. The van der Waals surface area contributed by atoms with E-state index >= 15 is 0 Å². The smallest absolute Gasteiger partial charge is 0.254 e. The zero-order valence-electron chi connectivity index (χ0n) is 20.6. The highest BCUT2D eigenvalue weighted by Gasteiger charge is 2.30. The second kappa shape index (κ2) is 7.63. The van der Waals surface area contributed by atoms with Crippen LogP contribution in [0.15, 0.2) is 30.5 Å². The van der Waals surface area contributed by atoms with Crippen LogP contribution in [-0.4, -0.2) is 45.8 Å². The van der Waals surface area contributed by atoms with Crippen LogP contribution >= 0.6 is 0 Å². The molecule has 1 fully saturated rings. The number of rotatable bonds is 5. The van der Waals surface area contributed by atoms with Crippen LogP contribution in [0.4, 0.5) is 22.9 Å². The van der Waals surface area contributed by atoms with E-state index in [0.29, 0.717) is 17.9 Å². The number of anilines is 4. The molecule has 0 spiro atoms. The van der Waals surface area contributed by atoms with Crippen molar-refractivity contribution in [2.75, 3.05) is 29.6 Å². The molecule has 164 valence electrons. The molecule has 1 aliphatic carbocycles. The van der Waals surface area contributed by atoms with Crippen molar-refractivity contribution in [1.82, 2.24) is 25.3 Å². The highest BCUT2D eigenvalue weighted by Crippen LogP contribution is 2.42. The van der Waals surface area contributed by atoms with Gasteiger partial charge in [0, 0.05) is 48.9 Å². The molecule has 1 saturated carbocycles. The SMILES string of the molecule is [2H]C([2H])([2H])NC(=O)c1cnc(NC(=O)C2CC2)cc1Nc1cccc2c1N(C)Cc1nn(C)nc1-2. The maximum Gasteiger partial charge on any atom is 0.254 e. The average molecular weight is 436 g/mol. The zero-order valence-corrected chi connectivity index (χ0v) is 17.6. The van der Waals surface area contributed by atoms with E-state index in [1.807, 2.05) is 35.5 Å². The van der Waals surface area contributed by atoms with Gasteiger partial charge in [0.05, 0.1) is 29.2 Å². The molecule has 3 heterocycles. The van der Waals surface area contributed by atoms with E-state index in [1.54, 1.807) is 7.05 Å². The Morgan fingerprint density at radius 2 is 2.03 bits per heavy atom. The third-order valence-electron chi connectivity index (χ3n) is 5.57. The third-order valence-corrected chi connectivity index (χ3v) is 5.57. The van der Waals surface area contributed by atoms with Gasteiger partial charge >= 0.3 is 0 Å². The number of fused-ring (bicyclic) bond motifs is 3. The lowest BCUT2D eigenvalue weighted by Gasteiger charge is -2.29. The molecule has 2 amide bonds. The minimum absolute atomic E-state index is 0.0253. The van der Waals surface area contributed by atoms with Gasteiger partial charge in [0.15, 0.2) is 0 Å². The third kappa shape index (κ3) is 3.53. The van der Waals surface area contributed by atoms with Gasteiger partial charge in [0.2, 0.25) is 5.91 Å². The topological polar surface area (TPSA) is 117 Å². The highest BCUT2D eigenvalue weighted by atomic mass is 16.2. The molecule has 0 radical (unpaired) electrons. The summed E-state index contributed by atoms with van der Waals surface area (Å²) in [6, 6.07) is 7.19. The first-order valence-corrected chi connectivity index (χ1v) is 10.2. The Morgan fingerprint density at radius 3 is 2.81 bits per heavy atom. The lowest BCUT2D eigenvalue weighted by atomic mass is 10.0. The number of nitrogens with one attached hydrogen (secondary N) is 3. The fraction of sp³-hybridized carbons (Fsp3) is 0.318. The number of nitrogens with zero attached hydrogens (tertiary/aromatic N) is 5. The van der Waals surface area contributed by atoms with Crippen molar-refractivity contribution >= 4 is 34.7 Å². The van der Waals surface area contributed by atoms with Crippen molar-refractivity contribution in [3.8, 4) is 11.3 Å². The van der Waals surface area contributed by atoms with E-state index in [-0.39, 0.29) is 23.2 Å². The van der Waals surface area contributed by atoms with Crippen molar-refractivity contribution in [2.45, 2.75) is 19.4 Å². The summed E-state index contributed by atoms with van der Waals surface area (Å²) in [5, 5.41) is 17.0. The average Bonchev–Trinajstić information content (AvgIpc) is 3.55. The van der Waals surface area contributed by atoms with Gasteiger partial charge in [-0.25, -0.2) is 4.98 Å². The van der Waals surface area contributed by atoms with E-state index in [2.05, 4.69) is 25.8 Å². The van der Waals surface area contributed by atoms with Gasteiger partial charge < -0.3 is 20.9 Å². The molecular formula is C22H24N8O2. The van der Waals surface area contributed by atoms with Gasteiger partial charge in [-0.15, -0.1) is 0 Å². The quantitative estimate of drug-likeness (QED) is 0.563. The largest absolute Gasteiger partial charge is 0.366 e. The Hall–Kier alpha value is -3.95. The molecule has 32 heavy (non-hydrogen) atoms. The molecule has 10 nitrogen and oxygen atoms in total.